The second kappa shape index (κ2) is 9.86. The van der Waals surface area contributed by atoms with Crippen molar-refractivity contribution in [2.75, 3.05) is 44.7 Å². The van der Waals surface area contributed by atoms with E-state index in [2.05, 4.69) is 17.0 Å². The number of rotatable bonds is 5. The zero-order chi connectivity index (χ0) is 21.6. The fourth-order valence-corrected chi connectivity index (χ4v) is 4.55. The van der Waals surface area contributed by atoms with E-state index in [1.165, 1.54) is 0 Å². The first kappa shape index (κ1) is 21.2. The van der Waals surface area contributed by atoms with E-state index >= 15 is 0 Å². The van der Waals surface area contributed by atoms with Gasteiger partial charge in [-0.25, -0.2) is 0 Å². The Hall–Kier alpha value is -3.02. The normalized spacial score (nSPS) is 18.5. The number of amides is 2. The van der Waals surface area contributed by atoms with Crippen LogP contribution in [0.2, 0.25) is 0 Å². The van der Waals surface area contributed by atoms with Crippen LogP contribution in [0.5, 0.6) is 5.75 Å². The predicted molar refractivity (Wildman–Crippen MR) is 121 cm³/mol. The van der Waals surface area contributed by atoms with Gasteiger partial charge in [0.15, 0.2) is 0 Å². The third kappa shape index (κ3) is 4.84. The maximum Gasteiger partial charge on any atom is 0.250 e. The largest absolute Gasteiger partial charge is 0.497 e. The number of carbonyl (C=O) groups is 2. The van der Waals surface area contributed by atoms with Crippen LogP contribution in [0.4, 0.5) is 5.69 Å². The molecule has 2 heterocycles. The van der Waals surface area contributed by atoms with E-state index in [-0.39, 0.29) is 11.8 Å². The zero-order valence-electron chi connectivity index (χ0n) is 18.2. The highest BCUT2D eigenvalue weighted by Crippen LogP contribution is 2.28. The van der Waals surface area contributed by atoms with Crippen LogP contribution in [-0.2, 0) is 9.59 Å². The molecule has 6 heteroatoms. The summed E-state index contributed by atoms with van der Waals surface area (Å²) in [5, 5.41) is 0. The number of likely N-dealkylation sites (tertiary alicyclic amines) is 1. The first-order valence-corrected chi connectivity index (χ1v) is 11.2. The second-order valence-electron chi connectivity index (χ2n) is 8.22. The van der Waals surface area contributed by atoms with Gasteiger partial charge in [0.25, 0.3) is 0 Å². The molecule has 31 heavy (non-hydrogen) atoms. The molecule has 0 bridgehead atoms. The van der Waals surface area contributed by atoms with E-state index in [4.69, 9.17) is 4.74 Å². The zero-order valence-corrected chi connectivity index (χ0v) is 18.2. The lowest BCUT2D eigenvalue weighted by molar-refractivity contribution is -0.147. The minimum atomic E-state index is -0.526. The number of nitrogens with zero attached hydrogens (tertiary/aromatic N) is 3. The Morgan fingerprint density at radius 1 is 0.871 bits per heavy atom. The van der Waals surface area contributed by atoms with Crippen LogP contribution in [0, 0.1) is 0 Å². The number of anilines is 1. The Balaban J connectivity index is 1.51. The molecule has 1 atom stereocenters. The van der Waals surface area contributed by atoms with Crippen LogP contribution in [0.3, 0.4) is 0 Å². The van der Waals surface area contributed by atoms with Gasteiger partial charge in [0, 0.05) is 44.8 Å². The monoisotopic (exact) mass is 421 g/mol. The standard InChI is InChI=1S/C25H31N3O3/c1-31-22-13-11-21(12-14-22)26-15-7-16-27(19-18-26)25(30)24(20-8-3-2-4-9-20)28-17-6-5-10-23(28)29/h2-4,8-9,11-14,24H,5-7,10,15-19H2,1H3. The molecule has 2 aromatic rings. The van der Waals surface area contributed by atoms with Crippen molar-refractivity contribution in [1.29, 1.82) is 0 Å². The van der Waals surface area contributed by atoms with Gasteiger partial charge < -0.3 is 19.4 Å². The summed E-state index contributed by atoms with van der Waals surface area (Å²) in [4.78, 5) is 32.5. The molecule has 2 amide bonds. The fraction of sp³-hybridized carbons (Fsp3) is 0.440. The van der Waals surface area contributed by atoms with Crippen molar-refractivity contribution in [2.24, 2.45) is 0 Å². The summed E-state index contributed by atoms with van der Waals surface area (Å²) in [5.41, 5.74) is 2.04. The molecule has 0 aromatic heterocycles. The van der Waals surface area contributed by atoms with Crippen molar-refractivity contribution in [3.05, 3.63) is 60.2 Å². The van der Waals surface area contributed by atoms with Crippen molar-refractivity contribution in [3.63, 3.8) is 0 Å². The van der Waals surface area contributed by atoms with Crippen LogP contribution in [0.15, 0.2) is 54.6 Å². The van der Waals surface area contributed by atoms with Gasteiger partial charge in [-0.2, -0.15) is 0 Å². The summed E-state index contributed by atoms with van der Waals surface area (Å²) in [7, 11) is 1.67. The number of benzene rings is 2. The summed E-state index contributed by atoms with van der Waals surface area (Å²) in [6, 6.07) is 17.3. The van der Waals surface area contributed by atoms with Crippen LogP contribution in [-0.4, -0.2) is 61.4 Å². The van der Waals surface area contributed by atoms with E-state index < -0.39 is 6.04 Å². The van der Waals surface area contributed by atoms with Crippen LogP contribution in [0.25, 0.3) is 0 Å². The summed E-state index contributed by atoms with van der Waals surface area (Å²) in [6.45, 7) is 3.67. The first-order chi connectivity index (χ1) is 15.2. The number of methoxy groups -OCH3 is 1. The minimum Gasteiger partial charge on any atom is -0.497 e. The SMILES string of the molecule is COc1ccc(N2CCCN(C(=O)C(c3ccccc3)N3CCCCC3=O)CC2)cc1. The average Bonchev–Trinajstić information content (AvgIpc) is 3.08. The van der Waals surface area contributed by atoms with Crippen molar-refractivity contribution < 1.29 is 14.3 Å². The summed E-state index contributed by atoms with van der Waals surface area (Å²) in [6.07, 6.45) is 3.29. The highest BCUT2D eigenvalue weighted by atomic mass is 16.5. The molecule has 4 rings (SSSR count). The second-order valence-corrected chi connectivity index (χ2v) is 8.22. The third-order valence-corrected chi connectivity index (χ3v) is 6.27. The molecule has 6 nitrogen and oxygen atoms in total. The van der Waals surface area contributed by atoms with E-state index in [9.17, 15) is 9.59 Å². The van der Waals surface area contributed by atoms with Crippen molar-refractivity contribution in [1.82, 2.24) is 9.80 Å². The molecule has 1 unspecified atom stereocenters. The molecule has 2 fully saturated rings. The molecular weight excluding hydrogens is 390 g/mol. The lowest BCUT2D eigenvalue weighted by Gasteiger charge is -2.37. The third-order valence-electron chi connectivity index (χ3n) is 6.27. The lowest BCUT2D eigenvalue weighted by Crippen LogP contribution is -2.48. The molecule has 0 N–H and O–H groups in total. The quantitative estimate of drug-likeness (QED) is 0.742. The Labute approximate surface area is 184 Å². The van der Waals surface area contributed by atoms with E-state index in [0.717, 1.165) is 49.4 Å². The number of ether oxygens (including phenoxy) is 1. The molecule has 0 radical (unpaired) electrons. The molecule has 2 aromatic carbocycles. The Morgan fingerprint density at radius 3 is 2.35 bits per heavy atom. The summed E-state index contributed by atoms with van der Waals surface area (Å²) in [5.74, 6) is 0.966. The lowest BCUT2D eigenvalue weighted by atomic mass is 10.00. The average molecular weight is 422 g/mol. The van der Waals surface area contributed by atoms with Crippen molar-refractivity contribution in [2.45, 2.75) is 31.7 Å². The van der Waals surface area contributed by atoms with E-state index in [1.807, 2.05) is 47.4 Å². The van der Waals surface area contributed by atoms with Crippen LogP contribution < -0.4 is 9.64 Å². The molecule has 2 aliphatic heterocycles. The topological polar surface area (TPSA) is 53.1 Å². The number of carbonyl (C=O) groups excluding carboxylic acids is 2. The molecule has 0 spiro atoms. The molecule has 2 saturated heterocycles. The fourth-order valence-electron chi connectivity index (χ4n) is 4.55. The summed E-state index contributed by atoms with van der Waals surface area (Å²) >= 11 is 0. The number of hydrogen-bond acceptors (Lipinski definition) is 4. The first-order valence-electron chi connectivity index (χ1n) is 11.2. The molecular formula is C25H31N3O3. The van der Waals surface area contributed by atoms with Gasteiger partial charge in [-0.1, -0.05) is 30.3 Å². The minimum absolute atomic E-state index is 0.0398. The Bertz CT molecular complexity index is 885. The molecule has 0 aliphatic carbocycles. The van der Waals surface area contributed by atoms with Crippen molar-refractivity contribution in [3.8, 4) is 5.75 Å². The number of hydrogen-bond donors (Lipinski definition) is 0. The van der Waals surface area contributed by atoms with Gasteiger partial charge in [-0.05, 0) is 49.1 Å². The maximum absolute atomic E-state index is 13.7. The number of piperidine rings is 1. The van der Waals surface area contributed by atoms with Crippen LogP contribution in [0.1, 0.15) is 37.3 Å². The molecule has 164 valence electrons. The Morgan fingerprint density at radius 2 is 1.65 bits per heavy atom. The van der Waals surface area contributed by atoms with Gasteiger partial charge in [0.1, 0.15) is 11.8 Å². The highest BCUT2D eigenvalue weighted by molar-refractivity contribution is 5.89. The maximum atomic E-state index is 13.7. The van der Waals surface area contributed by atoms with Gasteiger partial charge >= 0.3 is 0 Å². The smallest absolute Gasteiger partial charge is 0.250 e. The van der Waals surface area contributed by atoms with E-state index in [1.54, 1.807) is 12.0 Å². The predicted octanol–water partition coefficient (Wildman–Crippen LogP) is 3.49. The Kier molecular flexibility index (Phi) is 6.75. The van der Waals surface area contributed by atoms with E-state index in [0.29, 0.717) is 26.1 Å². The summed E-state index contributed by atoms with van der Waals surface area (Å²) < 4.78 is 5.26. The molecule has 2 aliphatic rings. The van der Waals surface area contributed by atoms with Gasteiger partial charge in [0.2, 0.25) is 11.8 Å². The van der Waals surface area contributed by atoms with Crippen LogP contribution >= 0.6 is 0 Å². The highest BCUT2D eigenvalue weighted by Gasteiger charge is 2.35. The van der Waals surface area contributed by atoms with Crippen molar-refractivity contribution >= 4 is 17.5 Å². The molecule has 0 saturated carbocycles. The van der Waals surface area contributed by atoms with Gasteiger partial charge in [-0.3, -0.25) is 9.59 Å². The van der Waals surface area contributed by atoms with Gasteiger partial charge in [0.05, 0.1) is 7.11 Å². The van der Waals surface area contributed by atoms with Gasteiger partial charge in [-0.15, -0.1) is 0 Å².